The van der Waals surface area contributed by atoms with Crippen LogP contribution in [0.5, 0.6) is 5.75 Å². The molecule has 1 aromatic heterocycles. The van der Waals surface area contributed by atoms with Crippen molar-refractivity contribution in [2.45, 2.75) is 49.0 Å². The van der Waals surface area contributed by atoms with Gasteiger partial charge in [0, 0.05) is 22.5 Å². The predicted molar refractivity (Wildman–Crippen MR) is 111 cm³/mol. The molecule has 0 spiro atoms. The number of rotatable bonds is 5. The van der Waals surface area contributed by atoms with Crippen LogP contribution in [0.25, 0.3) is 11.3 Å². The molecule has 35 heavy (non-hydrogen) atoms. The Kier molecular flexibility index (Phi) is 6.87. The van der Waals surface area contributed by atoms with Gasteiger partial charge >= 0.3 is 12.4 Å². The summed E-state index contributed by atoms with van der Waals surface area (Å²) in [5.41, 5.74) is -10.3. The van der Waals surface area contributed by atoms with Crippen LogP contribution < -0.4 is 9.46 Å². The van der Waals surface area contributed by atoms with Gasteiger partial charge < -0.3 is 19.5 Å². The summed E-state index contributed by atoms with van der Waals surface area (Å²) in [5.74, 6) is -1.34. The number of aliphatic hydroxyl groups is 2. The number of benzene rings is 1. The Morgan fingerprint density at radius 2 is 1.69 bits per heavy atom. The molecule has 2 aromatic rings. The van der Waals surface area contributed by atoms with Crippen molar-refractivity contribution in [3.63, 3.8) is 0 Å². The van der Waals surface area contributed by atoms with E-state index in [0.717, 1.165) is 24.3 Å². The van der Waals surface area contributed by atoms with E-state index in [1.807, 2.05) is 4.72 Å². The number of pyridine rings is 1. The van der Waals surface area contributed by atoms with E-state index in [1.54, 1.807) is 0 Å². The molecule has 1 aromatic carbocycles. The second-order valence-electron chi connectivity index (χ2n) is 8.93. The van der Waals surface area contributed by atoms with Gasteiger partial charge in [-0.25, -0.2) is 9.37 Å². The molecule has 0 saturated carbocycles. The first kappa shape index (κ1) is 27.5. The molecule has 0 saturated heterocycles. The van der Waals surface area contributed by atoms with Crippen molar-refractivity contribution in [1.29, 1.82) is 0 Å². The van der Waals surface area contributed by atoms with Crippen molar-refractivity contribution in [3.8, 4) is 17.0 Å². The molecule has 3 atom stereocenters. The van der Waals surface area contributed by atoms with E-state index in [0.29, 0.717) is 6.07 Å². The largest absolute Gasteiger partial charge is 0.598 e. The molecule has 0 bridgehead atoms. The Bertz CT molecular complexity index is 1090. The summed E-state index contributed by atoms with van der Waals surface area (Å²) in [4.78, 5) is 3.68. The first-order valence-corrected chi connectivity index (χ1v) is 11.1. The number of ether oxygens (including phenoxy) is 1. The van der Waals surface area contributed by atoms with Crippen LogP contribution >= 0.6 is 0 Å². The smallest absolute Gasteiger partial charge is 0.425 e. The van der Waals surface area contributed by atoms with E-state index in [-0.39, 0.29) is 5.56 Å². The van der Waals surface area contributed by atoms with E-state index < -0.39 is 81.3 Å². The molecule has 2 heterocycles. The lowest BCUT2D eigenvalue weighted by Crippen LogP contribution is -2.60. The van der Waals surface area contributed by atoms with Crippen molar-refractivity contribution in [3.05, 3.63) is 47.4 Å². The Hall–Kier alpha value is -2.13. The minimum atomic E-state index is -5.54. The third-order valence-electron chi connectivity index (χ3n) is 5.41. The summed E-state index contributed by atoms with van der Waals surface area (Å²) in [5, 5.41) is 19.6. The standard InChI is InChI=1S/C21H21F7N2O4S/c1-17(2,3)35(33)30-18(20(23,24)25)10-34-16-13(18)8-14(19(32,9-31)21(26,27)28)29-15(16)11-4-6-12(22)7-5-11/h4-8,30-32H,9-10H2,1-3H3/t18-,19?,35+/m0/s1. The Morgan fingerprint density at radius 1 is 1.11 bits per heavy atom. The van der Waals surface area contributed by atoms with Gasteiger partial charge in [0.05, 0.1) is 12.3 Å². The number of nitrogens with one attached hydrogen (secondary N) is 1. The topological polar surface area (TPSA) is 97.7 Å². The lowest BCUT2D eigenvalue weighted by molar-refractivity contribution is -0.279. The van der Waals surface area contributed by atoms with Crippen LogP contribution in [0.1, 0.15) is 32.0 Å². The highest BCUT2D eigenvalue weighted by Gasteiger charge is 2.66. The van der Waals surface area contributed by atoms with Crippen molar-refractivity contribution in [1.82, 2.24) is 9.71 Å². The van der Waals surface area contributed by atoms with Crippen molar-refractivity contribution in [2.24, 2.45) is 0 Å². The van der Waals surface area contributed by atoms with Crippen LogP contribution in [0.3, 0.4) is 0 Å². The van der Waals surface area contributed by atoms with Crippen molar-refractivity contribution < 1.29 is 50.2 Å². The van der Waals surface area contributed by atoms with Gasteiger partial charge in [-0.1, -0.05) is 0 Å². The second kappa shape index (κ2) is 8.76. The van der Waals surface area contributed by atoms with Gasteiger partial charge in [-0.15, -0.1) is 4.72 Å². The molecule has 1 unspecified atom stereocenters. The highest BCUT2D eigenvalue weighted by molar-refractivity contribution is 7.90. The van der Waals surface area contributed by atoms with E-state index in [2.05, 4.69) is 4.98 Å². The number of hydrogen-bond donors (Lipinski definition) is 3. The zero-order chi connectivity index (χ0) is 26.6. The maximum atomic E-state index is 14.5. The average molecular weight is 530 g/mol. The summed E-state index contributed by atoms with van der Waals surface area (Å²) in [6.07, 6.45) is -10.8. The minimum absolute atomic E-state index is 0.123. The Morgan fingerprint density at radius 3 is 2.14 bits per heavy atom. The highest BCUT2D eigenvalue weighted by atomic mass is 32.2. The van der Waals surface area contributed by atoms with E-state index >= 15 is 0 Å². The third-order valence-corrected chi connectivity index (χ3v) is 7.06. The quantitative estimate of drug-likeness (QED) is 0.402. The summed E-state index contributed by atoms with van der Waals surface area (Å²) < 4.78 is 117. The molecule has 1 aliphatic rings. The van der Waals surface area contributed by atoms with Crippen LogP contribution in [-0.2, 0) is 22.5 Å². The predicted octanol–water partition coefficient (Wildman–Crippen LogP) is 3.83. The average Bonchev–Trinajstić information content (AvgIpc) is 3.11. The van der Waals surface area contributed by atoms with Gasteiger partial charge in [0.2, 0.25) is 11.1 Å². The molecule has 0 aliphatic carbocycles. The fraction of sp³-hybridized carbons (Fsp3) is 0.476. The number of hydrogen-bond acceptors (Lipinski definition) is 6. The molecule has 0 radical (unpaired) electrons. The van der Waals surface area contributed by atoms with Crippen LogP contribution in [0.15, 0.2) is 30.3 Å². The van der Waals surface area contributed by atoms with Crippen LogP contribution in [-0.4, -0.2) is 50.1 Å². The Labute approximate surface area is 198 Å². The molecule has 1 aliphatic heterocycles. The van der Waals surface area contributed by atoms with Gasteiger partial charge in [0.1, 0.15) is 22.9 Å². The summed E-state index contributed by atoms with van der Waals surface area (Å²) in [7, 11) is 0. The fourth-order valence-electron chi connectivity index (χ4n) is 3.27. The summed E-state index contributed by atoms with van der Waals surface area (Å²) in [6.45, 7) is 0.982. The maximum absolute atomic E-state index is 14.5. The normalized spacial score (nSPS) is 21.3. The first-order valence-electron chi connectivity index (χ1n) is 9.98. The molecular formula is C21H21F7N2O4S. The van der Waals surface area contributed by atoms with Crippen molar-refractivity contribution in [2.75, 3.05) is 13.2 Å². The lowest BCUT2D eigenvalue weighted by atomic mass is 9.88. The van der Waals surface area contributed by atoms with Crippen LogP contribution in [0.2, 0.25) is 0 Å². The van der Waals surface area contributed by atoms with Crippen molar-refractivity contribution >= 4 is 11.4 Å². The SMILES string of the molecule is CC(C)(C)[S@@+]([O-])N[C@@]1(C(F)(F)F)COc2c1cc(C(O)(CO)C(F)(F)F)nc2-c1ccc(F)cc1. The number of nitrogens with zero attached hydrogens (tertiary/aromatic N) is 1. The van der Waals surface area contributed by atoms with E-state index in [1.165, 1.54) is 20.8 Å². The molecule has 3 N–H and O–H groups in total. The maximum Gasteiger partial charge on any atom is 0.425 e. The molecular weight excluding hydrogens is 509 g/mol. The molecule has 3 rings (SSSR count). The summed E-state index contributed by atoms with van der Waals surface area (Å²) in [6, 6.07) is 4.21. The summed E-state index contributed by atoms with van der Waals surface area (Å²) >= 11 is -2.38. The van der Waals surface area contributed by atoms with Gasteiger partial charge in [-0.05, 0) is 51.1 Å². The van der Waals surface area contributed by atoms with Gasteiger partial charge in [0.15, 0.2) is 5.75 Å². The fourth-order valence-corrected chi connectivity index (χ4v) is 4.18. The monoisotopic (exact) mass is 530 g/mol. The first-order chi connectivity index (χ1) is 15.9. The zero-order valence-corrected chi connectivity index (χ0v) is 19.3. The lowest BCUT2D eigenvalue weighted by Gasteiger charge is -2.35. The zero-order valence-electron chi connectivity index (χ0n) is 18.5. The minimum Gasteiger partial charge on any atom is -0.598 e. The van der Waals surface area contributed by atoms with Crippen LogP contribution in [0, 0.1) is 5.82 Å². The number of fused-ring (bicyclic) bond motifs is 1. The molecule has 14 heteroatoms. The van der Waals surface area contributed by atoms with Crippen LogP contribution in [0.4, 0.5) is 30.7 Å². The molecule has 0 amide bonds. The van der Waals surface area contributed by atoms with E-state index in [4.69, 9.17) is 4.74 Å². The number of aliphatic hydroxyl groups excluding tert-OH is 1. The molecule has 0 fully saturated rings. The van der Waals surface area contributed by atoms with Gasteiger partial charge in [-0.2, -0.15) is 26.3 Å². The number of aromatic nitrogens is 1. The Balaban J connectivity index is 2.38. The highest BCUT2D eigenvalue weighted by Crippen LogP contribution is 2.52. The third kappa shape index (κ3) is 4.69. The van der Waals surface area contributed by atoms with Gasteiger partial charge in [0.25, 0.3) is 0 Å². The number of alkyl halides is 6. The van der Waals surface area contributed by atoms with Gasteiger partial charge in [-0.3, -0.25) is 0 Å². The molecule has 6 nitrogen and oxygen atoms in total. The van der Waals surface area contributed by atoms with E-state index in [9.17, 15) is 45.5 Å². The number of halogens is 7. The molecule has 194 valence electrons. The second-order valence-corrected chi connectivity index (χ2v) is 10.9.